The van der Waals surface area contributed by atoms with Crippen molar-refractivity contribution in [2.24, 2.45) is 11.7 Å². The second kappa shape index (κ2) is 6.66. The molecule has 0 spiro atoms. The van der Waals surface area contributed by atoms with Crippen molar-refractivity contribution in [1.82, 2.24) is 9.97 Å². The summed E-state index contributed by atoms with van der Waals surface area (Å²) in [6.07, 6.45) is 2.85. The second-order valence-corrected chi connectivity index (χ2v) is 7.95. The quantitative estimate of drug-likeness (QED) is 0.479. The summed E-state index contributed by atoms with van der Waals surface area (Å²) in [5, 5.41) is 27.1. The molecule has 3 rings (SSSR count). The van der Waals surface area contributed by atoms with E-state index in [1.54, 1.807) is 6.92 Å². The molecule has 6 N–H and O–H groups in total. The molecule has 4 unspecified atom stereocenters. The molecule has 2 fully saturated rings. The molecule has 2 saturated carbocycles. The zero-order chi connectivity index (χ0) is 18.4. The van der Waals surface area contributed by atoms with Crippen LogP contribution in [-0.2, 0) is 0 Å². The van der Waals surface area contributed by atoms with Crippen LogP contribution >= 0.6 is 12.2 Å². The third-order valence-corrected chi connectivity index (χ3v) is 5.65. The highest BCUT2D eigenvalue weighted by molar-refractivity contribution is 7.80. The zero-order valence-corrected chi connectivity index (χ0v) is 15.7. The van der Waals surface area contributed by atoms with Crippen molar-refractivity contribution < 1.29 is 10.2 Å². The maximum Gasteiger partial charge on any atom is 0.225 e. The largest absolute Gasteiger partial charge is 0.390 e. The van der Waals surface area contributed by atoms with E-state index in [-0.39, 0.29) is 11.0 Å². The Labute approximate surface area is 153 Å². The zero-order valence-electron chi connectivity index (χ0n) is 14.9. The van der Waals surface area contributed by atoms with E-state index in [9.17, 15) is 10.2 Å². The van der Waals surface area contributed by atoms with Gasteiger partial charge in [0, 0.05) is 6.04 Å². The number of aliphatic hydroxyl groups excluding tert-OH is 1. The number of hydrogen-bond donors (Lipinski definition) is 5. The number of aryl methyl sites for hydroxylation is 1. The van der Waals surface area contributed by atoms with Gasteiger partial charge in [0.15, 0.2) is 0 Å². The van der Waals surface area contributed by atoms with Gasteiger partial charge >= 0.3 is 0 Å². The first-order valence-electron chi connectivity index (χ1n) is 8.82. The van der Waals surface area contributed by atoms with Crippen molar-refractivity contribution >= 4 is 29.0 Å². The first-order chi connectivity index (χ1) is 11.7. The van der Waals surface area contributed by atoms with Gasteiger partial charge < -0.3 is 26.6 Å². The van der Waals surface area contributed by atoms with Crippen molar-refractivity contribution in [2.75, 3.05) is 10.6 Å². The molecular weight excluding hydrogens is 338 g/mol. The Hall–Kier alpha value is -1.51. The number of aliphatic hydroxyl groups is 2. The molecule has 2 aliphatic carbocycles. The highest BCUT2D eigenvalue weighted by Gasteiger charge is 2.45. The summed E-state index contributed by atoms with van der Waals surface area (Å²) in [5.41, 5.74) is 5.91. The van der Waals surface area contributed by atoms with Crippen LogP contribution in [0.4, 0.5) is 11.8 Å². The Kier molecular flexibility index (Phi) is 4.87. The highest BCUT2D eigenvalue weighted by atomic mass is 32.1. The Bertz CT molecular complexity index is 677. The number of nitrogens with two attached hydrogens (primary N) is 1. The lowest BCUT2D eigenvalue weighted by Gasteiger charge is -2.30. The molecule has 1 aromatic heterocycles. The van der Waals surface area contributed by atoms with Gasteiger partial charge in [0.1, 0.15) is 16.4 Å². The van der Waals surface area contributed by atoms with E-state index in [1.807, 2.05) is 6.92 Å². The maximum absolute atomic E-state index is 10.5. The normalized spacial score (nSPS) is 30.1. The standard InChI is InChI=1S/C17H27N5O2S/c1-8(10-4-5-10)19-16-20-9(2)13(14(18)25)15(22-16)21-11-6-7-12(23)17(11,3)24/h8,10-12,23-24H,4-7H2,1-3H3,(H2,18,25)(H2,19,20,21,22). The molecule has 0 radical (unpaired) electrons. The summed E-state index contributed by atoms with van der Waals surface area (Å²) in [6, 6.07) is -0.0297. The van der Waals surface area contributed by atoms with Gasteiger partial charge in [-0.2, -0.15) is 4.98 Å². The third kappa shape index (κ3) is 3.70. The summed E-state index contributed by atoms with van der Waals surface area (Å²) in [6.45, 7) is 5.60. The fourth-order valence-electron chi connectivity index (χ4n) is 3.48. The molecule has 0 saturated heterocycles. The first-order valence-corrected chi connectivity index (χ1v) is 9.23. The lowest BCUT2D eigenvalue weighted by atomic mass is 9.98. The molecule has 138 valence electrons. The van der Waals surface area contributed by atoms with E-state index >= 15 is 0 Å². The minimum absolute atomic E-state index is 0.208. The molecule has 7 nitrogen and oxygen atoms in total. The summed E-state index contributed by atoms with van der Waals surface area (Å²) in [7, 11) is 0. The third-order valence-electron chi connectivity index (χ3n) is 5.44. The van der Waals surface area contributed by atoms with Crippen molar-refractivity contribution in [2.45, 2.75) is 70.2 Å². The van der Waals surface area contributed by atoms with E-state index in [0.29, 0.717) is 47.8 Å². The van der Waals surface area contributed by atoms with E-state index in [0.717, 1.165) is 0 Å². The molecule has 25 heavy (non-hydrogen) atoms. The second-order valence-electron chi connectivity index (χ2n) is 7.51. The summed E-state index contributed by atoms with van der Waals surface area (Å²) in [4.78, 5) is 9.26. The minimum Gasteiger partial charge on any atom is -0.390 e. The number of rotatable bonds is 6. The van der Waals surface area contributed by atoms with Gasteiger partial charge in [-0.15, -0.1) is 0 Å². The first kappa shape index (κ1) is 18.3. The number of nitrogens with one attached hydrogen (secondary N) is 2. The number of aromatic nitrogens is 2. The monoisotopic (exact) mass is 365 g/mol. The van der Waals surface area contributed by atoms with Gasteiger partial charge in [-0.3, -0.25) is 0 Å². The van der Waals surface area contributed by atoms with Crippen molar-refractivity contribution in [3.05, 3.63) is 11.3 Å². The molecular formula is C17H27N5O2S. The van der Waals surface area contributed by atoms with E-state index in [1.165, 1.54) is 12.8 Å². The lowest BCUT2D eigenvalue weighted by molar-refractivity contribution is -0.0439. The van der Waals surface area contributed by atoms with Crippen LogP contribution in [0.1, 0.15) is 50.8 Å². The Morgan fingerprint density at radius 3 is 2.52 bits per heavy atom. The van der Waals surface area contributed by atoms with Crippen molar-refractivity contribution in [1.29, 1.82) is 0 Å². The van der Waals surface area contributed by atoms with Crippen LogP contribution < -0.4 is 16.4 Å². The molecule has 0 bridgehead atoms. The van der Waals surface area contributed by atoms with Crippen LogP contribution in [-0.4, -0.2) is 49.0 Å². The topological polar surface area (TPSA) is 116 Å². The van der Waals surface area contributed by atoms with Gasteiger partial charge in [-0.25, -0.2) is 4.98 Å². The van der Waals surface area contributed by atoms with E-state index < -0.39 is 11.7 Å². The molecule has 0 aliphatic heterocycles. The Balaban J connectivity index is 1.89. The smallest absolute Gasteiger partial charge is 0.225 e. The van der Waals surface area contributed by atoms with Gasteiger partial charge in [0.25, 0.3) is 0 Å². The van der Waals surface area contributed by atoms with Gasteiger partial charge in [-0.05, 0) is 52.4 Å². The molecule has 4 atom stereocenters. The lowest BCUT2D eigenvalue weighted by Crippen LogP contribution is -2.47. The van der Waals surface area contributed by atoms with Gasteiger partial charge in [0.2, 0.25) is 5.95 Å². The average Bonchev–Trinajstić information content (AvgIpc) is 3.31. The minimum atomic E-state index is -1.23. The van der Waals surface area contributed by atoms with Crippen molar-refractivity contribution in [3.63, 3.8) is 0 Å². The van der Waals surface area contributed by atoms with Crippen LogP contribution in [0, 0.1) is 12.8 Å². The summed E-state index contributed by atoms with van der Waals surface area (Å²) < 4.78 is 0. The molecule has 2 aliphatic rings. The van der Waals surface area contributed by atoms with Gasteiger partial charge in [-0.1, -0.05) is 12.2 Å². The van der Waals surface area contributed by atoms with E-state index in [4.69, 9.17) is 18.0 Å². The number of anilines is 2. The summed E-state index contributed by atoms with van der Waals surface area (Å²) >= 11 is 5.17. The maximum atomic E-state index is 10.5. The number of thiocarbonyl (C=S) groups is 1. The Morgan fingerprint density at radius 1 is 1.32 bits per heavy atom. The predicted octanol–water partition coefficient (Wildman–Crippen LogP) is 1.32. The van der Waals surface area contributed by atoms with E-state index in [2.05, 4.69) is 27.5 Å². The highest BCUT2D eigenvalue weighted by Crippen LogP contribution is 2.35. The fraction of sp³-hybridized carbons (Fsp3) is 0.706. The van der Waals surface area contributed by atoms with Crippen LogP contribution in [0.25, 0.3) is 0 Å². The average molecular weight is 366 g/mol. The predicted molar refractivity (Wildman–Crippen MR) is 102 cm³/mol. The SMILES string of the molecule is Cc1nc(NC(C)C2CC2)nc(NC2CCC(O)C2(C)O)c1C(N)=S. The Morgan fingerprint density at radius 2 is 2.00 bits per heavy atom. The van der Waals surface area contributed by atoms with Crippen LogP contribution in [0.3, 0.4) is 0 Å². The van der Waals surface area contributed by atoms with Crippen LogP contribution in [0.5, 0.6) is 0 Å². The molecule has 0 aromatic carbocycles. The molecule has 1 heterocycles. The molecule has 1 aromatic rings. The number of nitrogens with zero attached hydrogens (tertiary/aromatic N) is 2. The number of hydrogen-bond acceptors (Lipinski definition) is 7. The van der Waals surface area contributed by atoms with Gasteiger partial charge in [0.05, 0.1) is 23.4 Å². The fourth-order valence-corrected chi connectivity index (χ4v) is 3.72. The summed E-state index contributed by atoms with van der Waals surface area (Å²) in [5.74, 6) is 1.70. The molecule has 0 amide bonds. The van der Waals surface area contributed by atoms with Crippen LogP contribution in [0.15, 0.2) is 0 Å². The van der Waals surface area contributed by atoms with Crippen LogP contribution in [0.2, 0.25) is 0 Å². The van der Waals surface area contributed by atoms with Crippen molar-refractivity contribution in [3.8, 4) is 0 Å². The molecule has 8 heteroatoms.